The number of thiophene rings is 1. The van der Waals surface area contributed by atoms with Crippen molar-refractivity contribution < 1.29 is 14.4 Å². The van der Waals surface area contributed by atoms with Gasteiger partial charge in [0.05, 0.1) is 4.88 Å². The van der Waals surface area contributed by atoms with Crippen molar-refractivity contribution in [1.82, 2.24) is 10.2 Å². The second-order valence-corrected chi connectivity index (χ2v) is 8.02. The number of hydrogen-bond acceptors (Lipinski definition) is 4. The van der Waals surface area contributed by atoms with Crippen molar-refractivity contribution in [3.05, 3.63) is 88.1 Å². The number of carbonyl (C=O) groups excluding carboxylic acids is 3. The molecule has 0 bridgehead atoms. The Hall–Kier alpha value is -3.45. The Morgan fingerprint density at radius 3 is 2.60 bits per heavy atom. The van der Waals surface area contributed by atoms with Crippen molar-refractivity contribution in [3.8, 4) is 0 Å². The van der Waals surface area contributed by atoms with Gasteiger partial charge in [0.25, 0.3) is 11.8 Å². The van der Waals surface area contributed by atoms with E-state index in [-0.39, 0.29) is 17.7 Å². The zero-order valence-electron chi connectivity index (χ0n) is 16.2. The van der Waals surface area contributed by atoms with Crippen molar-refractivity contribution in [3.63, 3.8) is 0 Å². The second kappa shape index (κ2) is 8.92. The van der Waals surface area contributed by atoms with Gasteiger partial charge in [0.15, 0.2) is 0 Å². The van der Waals surface area contributed by atoms with Gasteiger partial charge in [-0.15, -0.1) is 11.3 Å². The molecule has 3 amide bonds. The number of anilines is 1. The molecular weight excluding hydrogens is 398 g/mol. The normalized spacial score (nSPS) is 15.8. The van der Waals surface area contributed by atoms with Gasteiger partial charge in [0, 0.05) is 24.3 Å². The van der Waals surface area contributed by atoms with Gasteiger partial charge < -0.3 is 15.5 Å². The monoisotopic (exact) mass is 419 g/mol. The number of nitrogens with zero attached hydrogens (tertiary/aromatic N) is 1. The van der Waals surface area contributed by atoms with Gasteiger partial charge in [-0.1, -0.05) is 42.5 Å². The maximum absolute atomic E-state index is 12.7. The summed E-state index contributed by atoms with van der Waals surface area (Å²) in [5.74, 6) is -0.624. The van der Waals surface area contributed by atoms with E-state index in [9.17, 15) is 14.4 Å². The van der Waals surface area contributed by atoms with Crippen LogP contribution in [-0.2, 0) is 11.3 Å². The molecule has 2 heterocycles. The highest BCUT2D eigenvalue weighted by Gasteiger charge is 2.32. The molecule has 2 aromatic carbocycles. The molecule has 1 fully saturated rings. The van der Waals surface area contributed by atoms with E-state index in [2.05, 4.69) is 10.6 Å². The molecule has 0 aliphatic carbocycles. The zero-order chi connectivity index (χ0) is 20.9. The number of nitrogens with one attached hydrogen (secondary N) is 2. The summed E-state index contributed by atoms with van der Waals surface area (Å²) in [6.07, 6.45) is 0.576. The van der Waals surface area contributed by atoms with Crippen LogP contribution in [0.5, 0.6) is 0 Å². The highest BCUT2D eigenvalue weighted by Crippen LogP contribution is 2.18. The first-order valence-electron chi connectivity index (χ1n) is 9.68. The molecule has 152 valence electrons. The highest BCUT2D eigenvalue weighted by molar-refractivity contribution is 7.12. The van der Waals surface area contributed by atoms with Crippen molar-refractivity contribution >= 4 is 34.7 Å². The first-order chi connectivity index (χ1) is 14.6. The first-order valence-corrected chi connectivity index (χ1v) is 10.6. The van der Waals surface area contributed by atoms with Crippen LogP contribution in [0.4, 0.5) is 5.69 Å². The number of benzene rings is 2. The molecule has 0 radical (unpaired) electrons. The number of carbonyl (C=O) groups is 3. The van der Waals surface area contributed by atoms with Crippen molar-refractivity contribution in [2.45, 2.75) is 19.0 Å². The third-order valence-electron chi connectivity index (χ3n) is 4.95. The maximum atomic E-state index is 12.7. The molecule has 2 N–H and O–H groups in total. The van der Waals surface area contributed by atoms with Crippen LogP contribution in [0.3, 0.4) is 0 Å². The summed E-state index contributed by atoms with van der Waals surface area (Å²) < 4.78 is 0. The Morgan fingerprint density at radius 1 is 1.00 bits per heavy atom. The summed E-state index contributed by atoms with van der Waals surface area (Å²) in [5, 5.41) is 7.45. The minimum Gasteiger partial charge on any atom is -0.340 e. The molecule has 3 aromatic rings. The van der Waals surface area contributed by atoms with Crippen LogP contribution in [-0.4, -0.2) is 35.2 Å². The van der Waals surface area contributed by atoms with Crippen LogP contribution in [0.25, 0.3) is 0 Å². The topological polar surface area (TPSA) is 78.5 Å². The third-order valence-corrected chi connectivity index (χ3v) is 5.82. The molecule has 0 spiro atoms. The first kappa shape index (κ1) is 19.8. The Bertz CT molecular complexity index is 1050. The van der Waals surface area contributed by atoms with E-state index >= 15 is 0 Å². The van der Waals surface area contributed by atoms with Crippen LogP contribution >= 0.6 is 11.3 Å². The lowest BCUT2D eigenvalue weighted by Gasteiger charge is -2.17. The fourth-order valence-electron chi connectivity index (χ4n) is 3.41. The molecule has 1 aliphatic rings. The molecule has 4 rings (SSSR count). The number of likely N-dealkylation sites (tertiary alicyclic amines) is 1. The van der Waals surface area contributed by atoms with Crippen LogP contribution < -0.4 is 10.6 Å². The smallest absolute Gasteiger partial charge is 0.265 e. The molecular formula is C23H21N3O3S. The standard InChI is InChI=1S/C23H21N3O3S/c27-21(17-8-4-9-18(14-17)24-22(28)20-10-5-13-30-20)25-19-11-12-26(23(19)29)15-16-6-2-1-3-7-16/h1-10,13-14,19H,11-12,15H2,(H,24,28)(H,25,27). The summed E-state index contributed by atoms with van der Waals surface area (Å²) in [7, 11) is 0. The van der Waals surface area contributed by atoms with Crippen LogP contribution in [0, 0.1) is 0 Å². The summed E-state index contributed by atoms with van der Waals surface area (Å²) in [5.41, 5.74) is 1.99. The molecule has 1 aromatic heterocycles. The lowest BCUT2D eigenvalue weighted by atomic mass is 10.1. The minimum absolute atomic E-state index is 0.0747. The summed E-state index contributed by atoms with van der Waals surface area (Å²) in [6, 6.07) is 19.5. The summed E-state index contributed by atoms with van der Waals surface area (Å²) in [6.45, 7) is 1.14. The van der Waals surface area contributed by atoms with Gasteiger partial charge in [-0.2, -0.15) is 0 Å². The van der Waals surface area contributed by atoms with Gasteiger partial charge in [-0.05, 0) is 41.6 Å². The maximum Gasteiger partial charge on any atom is 0.265 e. The van der Waals surface area contributed by atoms with Gasteiger partial charge in [0.2, 0.25) is 5.91 Å². The molecule has 30 heavy (non-hydrogen) atoms. The van der Waals surface area contributed by atoms with E-state index < -0.39 is 6.04 Å². The van der Waals surface area contributed by atoms with E-state index in [1.54, 1.807) is 35.2 Å². The molecule has 0 saturated carbocycles. The number of rotatable bonds is 6. The molecule has 1 unspecified atom stereocenters. The minimum atomic E-state index is -0.537. The van der Waals surface area contributed by atoms with Crippen LogP contribution in [0.15, 0.2) is 72.1 Å². The van der Waals surface area contributed by atoms with Crippen molar-refractivity contribution in [2.75, 3.05) is 11.9 Å². The van der Waals surface area contributed by atoms with Crippen LogP contribution in [0.2, 0.25) is 0 Å². The van der Waals surface area contributed by atoms with Crippen molar-refractivity contribution in [2.24, 2.45) is 0 Å². The molecule has 6 nitrogen and oxygen atoms in total. The zero-order valence-corrected chi connectivity index (χ0v) is 17.0. The number of amides is 3. The van der Waals surface area contributed by atoms with E-state index in [0.29, 0.717) is 35.6 Å². The largest absolute Gasteiger partial charge is 0.340 e. The van der Waals surface area contributed by atoms with Gasteiger partial charge in [-0.3, -0.25) is 14.4 Å². The molecule has 1 atom stereocenters. The quantitative estimate of drug-likeness (QED) is 0.642. The number of hydrogen-bond donors (Lipinski definition) is 2. The Kier molecular flexibility index (Phi) is 5.90. The summed E-state index contributed by atoms with van der Waals surface area (Å²) >= 11 is 1.35. The van der Waals surface area contributed by atoms with Gasteiger partial charge in [-0.25, -0.2) is 0 Å². The molecule has 7 heteroatoms. The fraction of sp³-hybridized carbons (Fsp3) is 0.174. The fourth-order valence-corrected chi connectivity index (χ4v) is 4.03. The Labute approximate surface area is 178 Å². The summed E-state index contributed by atoms with van der Waals surface area (Å²) in [4.78, 5) is 39.9. The average molecular weight is 420 g/mol. The third kappa shape index (κ3) is 4.58. The highest BCUT2D eigenvalue weighted by atomic mass is 32.1. The van der Waals surface area contributed by atoms with Crippen molar-refractivity contribution in [1.29, 1.82) is 0 Å². The lowest BCUT2D eigenvalue weighted by Crippen LogP contribution is -2.41. The van der Waals surface area contributed by atoms with E-state index in [1.165, 1.54) is 11.3 Å². The van der Waals surface area contributed by atoms with Gasteiger partial charge in [0.1, 0.15) is 6.04 Å². The predicted molar refractivity (Wildman–Crippen MR) is 116 cm³/mol. The van der Waals surface area contributed by atoms with E-state index in [4.69, 9.17) is 0 Å². The van der Waals surface area contributed by atoms with E-state index in [1.807, 2.05) is 41.8 Å². The lowest BCUT2D eigenvalue weighted by molar-refractivity contribution is -0.129. The molecule has 1 saturated heterocycles. The predicted octanol–water partition coefficient (Wildman–Crippen LogP) is 3.53. The second-order valence-electron chi connectivity index (χ2n) is 7.07. The van der Waals surface area contributed by atoms with E-state index in [0.717, 1.165) is 5.56 Å². The van der Waals surface area contributed by atoms with Gasteiger partial charge >= 0.3 is 0 Å². The molecule has 1 aliphatic heterocycles. The Balaban J connectivity index is 1.37. The average Bonchev–Trinajstić information content (AvgIpc) is 3.41. The van der Waals surface area contributed by atoms with Crippen LogP contribution in [0.1, 0.15) is 32.0 Å². The SMILES string of the molecule is O=C(NC1CCN(Cc2ccccc2)C1=O)c1cccc(NC(=O)c2cccs2)c1. The Morgan fingerprint density at radius 2 is 1.83 bits per heavy atom.